The lowest BCUT2D eigenvalue weighted by Crippen LogP contribution is -2.46. The van der Waals surface area contributed by atoms with Gasteiger partial charge in [-0.2, -0.15) is 5.26 Å². The molecule has 77 heavy (non-hydrogen) atoms. The average Bonchev–Trinajstić information content (AvgIpc) is 4.09. The fraction of sp³-hybridized carbons (Fsp3) is 0.293. The molecule has 1 unspecified atom stereocenters. The number of benzene rings is 6. The number of ketones is 1. The molecule has 0 bridgehead atoms. The molecule has 0 spiro atoms. The summed E-state index contributed by atoms with van der Waals surface area (Å²) in [5.41, 5.74) is 4.26. The number of hydrogen-bond acceptors (Lipinski definition) is 12. The number of allylic oxidation sites excluding steroid dienone is 1. The molecular weight excluding hydrogens is 1040 g/mol. The van der Waals surface area contributed by atoms with Gasteiger partial charge in [-0.15, -0.1) is 0 Å². The number of oxazole rings is 1. The standard InChI is InChI=1S/C58H59ClN6O10S2/c1-35-29-42(22-17-37(35)30-38(33-60)55-62-49-31-39(20-27-50(49)74-55)58(5,6)34-57(2,3)4)65(41-13-9-10-14-41)56(68)75-53(52(66)36-18-23-43(73-7)24-19-36)54(67)61-48-32-40(21-25-46(48)59)63-77(71,72)51-28-26-47(64-76(8,69)70)44-15-11-12-16-45(44)51/h11-12,15-32,41,53,63-64H,9-10,13-14,34H2,1-8H3,(H,61,67). The molecule has 1 aliphatic carbocycles. The van der Waals surface area contributed by atoms with E-state index in [-0.39, 0.29) is 66.3 Å². The molecule has 0 aliphatic heterocycles. The zero-order valence-electron chi connectivity index (χ0n) is 43.9. The van der Waals surface area contributed by atoms with E-state index in [9.17, 15) is 36.5 Å². The Morgan fingerprint density at radius 1 is 0.870 bits per heavy atom. The van der Waals surface area contributed by atoms with Crippen molar-refractivity contribution in [3.8, 4) is 11.8 Å². The first-order valence-corrected chi connectivity index (χ1v) is 28.5. The topological polar surface area (TPSA) is 227 Å². The van der Waals surface area contributed by atoms with Gasteiger partial charge >= 0.3 is 6.09 Å². The molecule has 1 fully saturated rings. The van der Waals surface area contributed by atoms with Gasteiger partial charge in [0.25, 0.3) is 15.9 Å². The fourth-order valence-electron chi connectivity index (χ4n) is 9.97. The number of halogens is 1. The van der Waals surface area contributed by atoms with Crippen LogP contribution < -0.4 is 24.4 Å². The zero-order chi connectivity index (χ0) is 55.6. The molecule has 1 aromatic heterocycles. The molecular formula is C58H59ClN6O10S2. The van der Waals surface area contributed by atoms with Crippen LogP contribution in [0, 0.1) is 23.7 Å². The molecule has 3 N–H and O–H groups in total. The molecule has 8 rings (SSSR count). The number of sulfonamides is 2. The Morgan fingerprint density at radius 3 is 2.22 bits per heavy atom. The number of fused-ring (bicyclic) bond motifs is 2. The minimum Gasteiger partial charge on any atom is -0.497 e. The van der Waals surface area contributed by atoms with Crippen LogP contribution in [-0.2, 0) is 35.0 Å². The van der Waals surface area contributed by atoms with E-state index in [1.54, 1.807) is 42.5 Å². The monoisotopic (exact) mass is 1100 g/mol. The number of carbonyl (C=O) groups excluding carboxylic acids is 3. The average molecular weight is 1100 g/mol. The number of Topliss-reactive ketones (excluding diaryl/α,β-unsaturated/α-hetero) is 1. The quantitative estimate of drug-likeness (QED) is 0.0440. The van der Waals surface area contributed by atoms with Crippen LogP contribution in [0.2, 0.25) is 5.02 Å². The number of nitrogens with zero attached hydrogens (tertiary/aromatic N) is 3. The first kappa shape index (κ1) is 55.5. The van der Waals surface area contributed by atoms with Crippen LogP contribution in [-0.4, -0.2) is 65.1 Å². The van der Waals surface area contributed by atoms with E-state index in [0.29, 0.717) is 51.9 Å². The summed E-state index contributed by atoms with van der Waals surface area (Å²) in [6, 6.07) is 31.8. The molecule has 0 saturated heterocycles. The second kappa shape index (κ2) is 22.1. The number of ether oxygens (including phenoxy) is 2. The van der Waals surface area contributed by atoms with Gasteiger partial charge in [0.05, 0.1) is 40.3 Å². The van der Waals surface area contributed by atoms with Crippen LogP contribution in [0.1, 0.15) is 99.7 Å². The van der Waals surface area contributed by atoms with Gasteiger partial charge in [-0.25, -0.2) is 26.6 Å². The van der Waals surface area contributed by atoms with E-state index in [1.165, 1.54) is 72.7 Å². The Kier molecular flexibility index (Phi) is 15.9. The van der Waals surface area contributed by atoms with E-state index < -0.39 is 43.9 Å². The first-order chi connectivity index (χ1) is 36.3. The van der Waals surface area contributed by atoms with E-state index in [1.807, 2.05) is 25.1 Å². The number of nitrogens with one attached hydrogen (secondary N) is 3. The maximum atomic E-state index is 14.7. The highest BCUT2D eigenvalue weighted by molar-refractivity contribution is 7.93. The number of methoxy groups -OCH3 is 1. The Labute approximate surface area is 453 Å². The van der Waals surface area contributed by atoms with Crippen molar-refractivity contribution in [2.45, 2.75) is 96.1 Å². The molecule has 16 nitrogen and oxygen atoms in total. The lowest BCUT2D eigenvalue weighted by molar-refractivity contribution is -0.122. The summed E-state index contributed by atoms with van der Waals surface area (Å²) in [5, 5.41) is 13.5. The van der Waals surface area contributed by atoms with E-state index in [2.05, 4.69) is 55.4 Å². The van der Waals surface area contributed by atoms with Gasteiger partial charge < -0.3 is 19.2 Å². The molecule has 400 valence electrons. The first-order valence-electron chi connectivity index (χ1n) is 24.8. The van der Waals surface area contributed by atoms with Crippen molar-refractivity contribution in [1.82, 2.24) is 4.98 Å². The van der Waals surface area contributed by atoms with Crippen LogP contribution in [0.25, 0.3) is 33.5 Å². The van der Waals surface area contributed by atoms with Gasteiger partial charge in [-0.1, -0.05) is 95.5 Å². The van der Waals surface area contributed by atoms with Crippen molar-refractivity contribution in [3.63, 3.8) is 0 Å². The SMILES string of the molecule is COc1ccc(C(=O)C(OC(=O)N(c2ccc(C=C(C#N)c3nc4cc(C(C)(C)CC(C)(C)C)ccc4o3)c(C)c2)C2CCCC2)C(=O)Nc2cc(NS(=O)(=O)c3ccc(NS(C)(=O)=O)c4ccccc34)ccc2Cl)cc1. The van der Waals surface area contributed by atoms with Crippen molar-refractivity contribution < 1.29 is 45.1 Å². The minimum absolute atomic E-state index is 0.0211. The van der Waals surface area contributed by atoms with Gasteiger partial charge in [0.15, 0.2) is 5.58 Å². The second-order valence-corrected chi connectivity index (χ2v) is 24.8. The van der Waals surface area contributed by atoms with Gasteiger partial charge in [-0.05, 0) is 139 Å². The zero-order valence-corrected chi connectivity index (χ0v) is 46.2. The smallest absolute Gasteiger partial charge is 0.415 e. The number of hydrogen-bond donors (Lipinski definition) is 3. The summed E-state index contributed by atoms with van der Waals surface area (Å²) >= 11 is 6.60. The van der Waals surface area contributed by atoms with E-state index in [0.717, 1.165) is 31.1 Å². The predicted octanol–water partition coefficient (Wildman–Crippen LogP) is 12.7. The number of nitriles is 1. The number of amides is 2. The molecule has 19 heteroatoms. The van der Waals surface area contributed by atoms with E-state index in [4.69, 9.17) is 30.5 Å². The summed E-state index contributed by atoms with van der Waals surface area (Å²) in [7, 11) is -6.62. The number of rotatable bonds is 17. The summed E-state index contributed by atoms with van der Waals surface area (Å²) < 4.78 is 74.4. The highest BCUT2D eigenvalue weighted by Crippen LogP contribution is 2.39. The molecule has 1 heterocycles. The predicted molar refractivity (Wildman–Crippen MR) is 301 cm³/mol. The van der Waals surface area contributed by atoms with Crippen molar-refractivity contribution in [2.24, 2.45) is 5.41 Å². The summed E-state index contributed by atoms with van der Waals surface area (Å²) in [6.45, 7) is 12.9. The Hall–Kier alpha value is -7.72. The third kappa shape index (κ3) is 12.9. The summed E-state index contributed by atoms with van der Waals surface area (Å²) in [4.78, 5) is 49.6. The van der Waals surface area contributed by atoms with E-state index >= 15 is 0 Å². The lowest BCUT2D eigenvalue weighted by Gasteiger charge is -2.32. The molecule has 2 amide bonds. The van der Waals surface area contributed by atoms with Crippen LogP contribution in [0.5, 0.6) is 5.75 Å². The summed E-state index contributed by atoms with van der Waals surface area (Å²) in [6.07, 6.45) is 3.39. The Balaban J connectivity index is 1.07. The van der Waals surface area contributed by atoms with Gasteiger partial charge in [0.1, 0.15) is 22.9 Å². The summed E-state index contributed by atoms with van der Waals surface area (Å²) in [5.74, 6) is -1.36. The van der Waals surface area contributed by atoms with Crippen LogP contribution >= 0.6 is 11.6 Å². The molecule has 1 saturated carbocycles. The third-order valence-corrected chi connectivity index (χ3v) is 15.6. The van der Waals surface area contributed by atoms with Crippen molar-refractivity contribution in [1.29, 1.82) is 5.26 Å². The Morgan fingerprint density at radius 2 is 1.57 bits per heavy atom. The highest BCUT2D eigenvalue weighted by atomic mass is 35.5. The number of aryl methyl sites for hydroxylation is 1. The Bertz CT molecular complexity index is 3740. The van der Waals surface area contributed by atoms with Gasteiger partial charge in [0.2, 0.25) is 27.8 Å². The highest BCUT2D eigenvalue weighted by Gasteiger charge is 2.37. The minimum atomic E-state index is -4.38. The van der Waals surface area contributed by atoms with Crippen molar-refractivity contribution in [3.05, 3.63) is 148 Å². The third-order valence-electron chi connectivity index (χ3n) is 13.2. The normalized spacial score (nSPS) is 13.9. The number of carbonyl (C=O) groups is 3. The maximum Gasteiger partial charge on any atom is 0.415 e. The molecule has 6 aromatic carbocycles. The van der Waals surface area contributed by atoms with Crippen molar-refractivity contribution >= 4 is 106 Å². The molecule has 1 atom stereocenters. The largest absolute Gasteiger partial charge is 0.497 e. The lowest BCUT2D eigenvalue weighted by atomic mass is 9.72. The number of aromatic nitrogens is 1. The van der Waals surface area contributed by atoms with Crippen LogP contribution in [0.15, 0.2) is 125 Å². The van der Waals surface area contributed by atoms with Crippen LogP contribution in [0.4, 0.5) is 27.5 Å². The second-order valence-electron chi connectivity index (χ2n) is 21.0. The van der Waals surface area contributed by atoms with Crippen LogP contribution in [0.3, 0.4) is 0 Å². The molecule has 1 aliphatic rings. The van der Waals surface area contributed by atoms with Crippen molar-refractivity contribution in [2.75, 3.05) is 33.0 Å². The van der Waals surface area contributed by atoms with Gasteiger partial charge in [-0.3, -0.25) is 23.9 Å². The maximum absolute atomic E-state index is 14.7. The molecule has 7 aromatic rings. The fourth-order valence-corrected chi connectivity index (χ4v) is 12.0. The molecule has 0 radical (unpaired) electrons. The number of anilines is 4. The van der Waals surface area contributed by atoms with Gasteiger partial charge in [0, 0.05) is 28.1 Å².